The van der Waals surface area contributed by atoms with E-state index in [1.165, 1.54) is 25.3 Å². The molecule has 28 heavy (non-hydrogen) atoms. The second-order valence-electron chi connectivity index (χ2n) is 6.60. The smallest absolute Gasteiger partial charge is 0.319 e. The number of hydrogen-bond donors (Lipinski definition) is 3. The summed E-state index contributed by atoms with van der Waals surface area (Å²) in [6, 6.07) is 11.2. The predicted molar refractivity (Wildman–Crippen MR) is 111 cm³/mol. The molecule has 2 aromatic carbocycles. The van der Waals surface area contributed by atoms with Crippen LogP contribution in [0.2, 0.25) is 0 Å². The molecule has 0 radical (unpaired) electrons. The van der Waals surface area contributed by atoms with Gasteiger partial charge in [0, 0.05) is 10.5 Å². The Labute approximate surface area is 173 Å². The molecule has 0 aromatic heterocycles. The van der Waals surface area contributed by atoms with Gasteiger partial charge >= 0.3 is 6.03 Å². The first-order valence-electron chi connectivity index (χ1n) is 8.82. The summed E-state index contributed by atoms with van der Waals surface area (Å²) in [7, 11) is -2.18. The number of carbonyl (C=O) groups is 1. The molecule has 1 aliphatic rings. The van der Waals surface area contributed by atoms with E-state index >= 15 is 0 Å². The Bertz CT molecular complexity index is 977. The zero-order valence-electron chi connectivity index (χ0n) is 15.5. The lowest BCUT2D eigenvalue weighted by Crippen LogP contribution is -2.31. The topological polar surface area (TPSA) is 96.5 Å². The molecule has 0 saturated heterocycles. The number of ether oxygens (including phenoxy) is 1. The van der Waals surface area contributed by atoms with Gasteiger partial charge < -0.3 is 15.4 Å². The number of halogens is 1. The van der Waals surface area contributed by atoms with Crippen LogP contribution in [0.15, 0.2) is 51.8 Å². The predicted octanol–water partition coefficient (Wildman–Crippen LogP) is 3.78. The molecule has 1 aliphatic carbocycles. The fourth-order valence-corrected chi connectivity index (χ4v) is 4.66. The SMILES string of the molecule is COc1ccc(S(=O)(=O)NC2CC2)cc1NC(=O)NC(C)c1ccccc1Br. The van der Waals surface area contributed by atoms with Gasteiger partial charge in [0.1, 0.15) is 5.75 Å². The molecule has 7 nitrogen and oxygen atoms in total. The zero-order chi connectivity index (χ0) is 20.3. The number of methoxy groups -OCH3 is 1. The molecular weight excluding hydrogens is 446 g/mol. The third-order valence-corrected chi connectivity index (χ3v) is 6.59. The number of hydrogen-bond acceptors (Lipinski definition) is 4. The van der Waals surface area contributed by atoms with Crippen molar-refractivity contribution in [1.29, 1.82) is 0 Å². The molecule has 0 aliphatic heterocycles. The van der Waals surface area contributed by atoms with Gasteiger partial charge in [-0.15, -0.1) is 0 Å². The van der Waals surface area contributed by atoms with Crippen LogP contribution in [-0.4, -0.2) is 27.6 Å². The monoisotopic (exact) mass is 467 g/mol. The van der Waals surface area contributed by atoms with Crippen LogP contribution in [0.5, 0.6) is 5.75 Å². The Hall–Kier alpha value is -2.10. The highest BCUT2D eigenvalue weighted by atomic mass is 79.9. The average molecular weight is 468 g/mol. The number of carbonyl (C=O) groups excluding carboxylic acids is 1. The van der Waals surface area contributed by atoms with Crippen molar-refractivity contribution < 1.29 is 17.9 Å². The summed E-state index contributed by atoms with van der Waals surface area (Å²) < 4.78 is 33.6. The zero-order valence-corrected chi connectivity index (χ0v) is 17.9. The Kier molecular flexibility index (Phi) is 6.26. The lowest BCUT2D eigenvalue weighted by molar-refractivity contribution is 0.249. The molecule has 1 unspecified atom stereocenters. The number of sulfonamides is 1. The van der Waals surface area contributed by atoms with E-state index in [0.717, 1.165) is 22.9 Å². The van der Waals surface area contributed by atoms with Crippen molar-refractivity contribution in [2.24, 2.45) is 0 Å². The Morgan fingerprint density at radius 2 is 1.93 bits per heavy atom. The summed E-state index contributed by atoms with van der Waals surface area (Å²) in [6.07, 6.45) is 1.69. The highest BCUT2D eigenvalue weighted by molar-refractivity contribution is 9.10. The van der Waals surface area contributed by atoms with Gasteiger partial charge in [-0.05, 0) is 49.6 Å². The molecule has 0 heterocycles. The minimum Gasteiger partial charge on any atom is -0.495 e. The lowest BCUT2D eigenvalue weighted by Gasteiger charge is -2.18. The molecule has 2 aromatic rings. The van der Waals surface area contributed by atoms with E-state index in [2.05, 4.69) is 31.3 Å². The quantitative estimate of drug-likeness (QED) is 0.576. The van der Waals surface area contributed by atoms with Crippen LogP contribution in [0.1, 0.15) is 31.4 Å². The van der Waals surface area contributed by atoms with Crippen molar-refractivity contribution in [1.82, 2.24) is 10.0 Å². The molecule has 3 N–H and O–H groups in total. The lowest BCUT2D eigenvalue weighted by atomic mass is 10.1. The van der Waals surface area contributed by atoms with E-state index in [4.69, 9.17) is 4.74 Å². The second kappa shape index (κ2) is 8.50. The van der Waals surface area contributed by atoms with Gasteiger partial charge in [0.2, 0.25) is 10.0 Å². The van der Waals surface area contributed by atoms with E-state index in [9.17, 15) is 13.2 Å². The van der Waals surface area contributed by atoms with Crippen molar-refractivity contribution in [3.63, 3.8) is 0 Å². The molecule has 150 valence electrons. The summed E-state index contributed by atoms with van der Waals surface area (Å²) in [5, 5.41) is 5.52. The molecule has 9 heteroatoms. The van der Waals surface area contributed by atoms with Crippen molar-refractivity contribution in [2.45, 2.75) is 36.7 Å². The number of anilines is 1. The van der Waals surface area contributed by atoms with Gasteiger partial charge in [0.05, 0.1) is 23.7 Å². The molecule has 2 amide bonds. The Balaban J connectivity index is 1.75. The van der Waals surface area contributed by atoms with E-state index in [0.29, 0.717) is 5.75 Å². The summed E-state index contributed by atoms with van der Waals surface area (Å²) in [5.41, 5.74) is 1.20. The number of urea groups is 1. The largest absolute Gasteiger partial charge is 0.495 e. The van der Waals surface area contributed by atoms with Gasteiger partial charge in [-0.2, -0.15) is 0 Å². The third-order valence-electron chi connectivity index (χ3n) is 4.35. The third kappa shape index (κ3) is 5.03. The van der Waals surface area contributed by atoms with Crippen molar-refractivity contribution in [2.75, 3.05) is 12.4 Å². The Morgan fingerprint density at radius 1 is 1.21 bits per heavy atom. The summed E-state index contributed by atoms with van der Waals surface area (Å²) >= 11 is 3.47. The van der Waals surface area contributed by atoms with Gasteiger partial charge in [-0.1, -0.05) is 34.1 Å². The molecule has 1 fully saturated rings. The van der Waals surface area contributed by atoms with Crippen LogP contribution in [0.3, 0.4) is 0 Å². The van der Waals surface area contributed by atoms with Crippen LogP contribution < -0.4 is 20.1 Å². The maximum atomic E-state index is 12.5. The Morgan fingerprint density at radius 3 is 2.57 bits per heavy atom. The van der Waals surface area contributed by atoms with Gasteiger partial charge in [0.25, 0.3) is 0 Å². The van der Waals surface area contributed by atoms with Gasteiger partial charge in [0.15, 0.2) is 0 Å². The van der Waals surface area contributed by atoms with Crippen LogP contribution in [0, 0.1) is 0 Å². The van der Waals surface area contributed by atoms with Crippen LogP contribution in [0.25, 0.3) is 0 Å². The van der Waals surface area contributed by atoms with Crippen molar-refractivity contribution >= 4 is 37.7 Å². The summed E-state index contributed by atoms with van der Waals surface area (Å²) in [5.74, 6) is 0.370. The normalized spacial score (nSPS) is 15.0. The van der Waals surface area contributed by atoms with E-state index in [1.54, 1.807) is 0 Å². The molecule has 1 saturated carbocycles. The summed E-state index contributed by atoms with van der Waals surface area (Å²) in [4.78, 5) is 12.5. The molecule has 1 atom stereocenters. The molecular formula is C19H22BrN3O4S. The number of nitrogens with one attached hydrogen (secondary N) is 3. The first kappa shape index (κ1) is 20.6. The van der Waals surface area contributed by atoms with E-state index < -0.39 is 16.1 Å². The average Bonchev–Trinajstić information content (AvgIpc) is 3.45. The van der Waals surface area contributed by atoms with E-state index in [-0.39, 0.29) is 22.7 Å². The minimum absolute atomic E-state index is 0.00280. The van der Waals surface area contributed by atoms with Gasteiger partial charge in [-0.25, -0.2) is 17.9 Å². The standard InChI is InChI=1S/C19H22BrN3O4S/c1-12(15-5-3-4-6-16(15)20)21-19(24)22-17-11-14(9-10-18(17)27-2)28(25,26)23-13-7-8-13/h3-6,9-13,23H,7-8H2,1-2H3,(H2,21,22,24). The summed E-state index contributed by atoms with van der Waals surface area (Å²) in [6.45, 7) is 1.86. The van der Waals surface area contributed by atoms with Crippen LogP contribution in [0.4, 0.5) is 10.5 Å². The first-order valence-corrected chi connectivity index (χ1v) is 11.1. The molecule has 0 spiro atoms. The maximum absolute atomic E-state index is 12.5. The second-order valence-corrected chi connectivity index (χ2v) is 9.17. The highest BCUT2D eigenvalue weighted by Crippen LogP contribution is 2.29. The number of amides is 2. The van der Waals surface area contributed by atoms with Crippen LogP contribution >= 0.6 is 15.9 Å². The minimum atomic E-state index is -3.64. The van der Waals surface area contributed by atoms with E-state index in [1.807, 2.05) is 31.2 Å². The van der Waals surface area contributed by atoms with Crippen molar-refractivity contribution in [3.05, 3.63) is 52.5 Å². The first-order chi connectivity index (χ1) is 13.3. The molecule has 0 bridgehead atoms. The van der Waals surface area contributed by atoms with Crippen LogP contribution in [-0.2, 0) is 10.0 Å². The number of benzene rings is 2. The highest BCUT2D eigenvalue weighted by Gasteiger charge is 2.28. The van der Waals surface area contributed by atoms with Gasteiger partial charge in [-0.3, -0.25) is 0 Å². The fraction of sp³-hybridized carbons (Fsp3) is 0.316. The molecule has 3 rings (SSSR count). The number of rotatable bonds is 7. The maximum Gasteiger partial charge on any atom is 0.319 e. The van der Waals surface area contributed by atoms with Crippen molar-refractivity contribution in [3.8, 4) is 5.75 Å². The fourth-order valence-electron chi connectivity index (χ4n) is 2.70.